The summed E-state index contributed by atoms with van der Waals surface area (Å²) >= 11 is 0. The van der Waals surface area contributed by atoms with E-state index in [0.717, 1.165) is 12.1 Å². The van der Waals surface area contributed by atoms with Gasteiger partial charge in [0.2, 0.25) is 0 Å². The van der Waals surface area contributed by atoms with Crippen LogP contribution in [0.4, 0.5) is 13.2 Å². The summed E-state index contributed by atoms with van der Waals surface area (Å²) in [6.45, 7) is 0. The molecule has 18 heavy (non-hydrogen) atoms. The summed E-state index contributed by atoms with van der Waals surface area (Å²) in [5.41, 5.74) is 1.09. The molecule has 0 N–H and O–H groups in total. The fourth-order valence-corrected chi connectivity index (χ4v) is 1.96. The number of aryl methyl sites for hydroxylation is 1. The van der Waals surface area contributed by atoms with Crippen LogP contribution in [0.15, 0.2) is 23.8 Å². The first-order valence-electron chi connectivity index (χ1n) is 5.41. The Labute approximate surface area is 102 Å². The van der Waals surface area contributed by atoms with E-state index in [9.17, 15) is 18.0 Å². The van der Waals surface area contributed by atoms with E-state index in [-0.39, 0.29) is 0 Å². The highest BCUT2D eigenvalue weighted by Gasteiger charge is 2.31. The fourth-order valence-electron chi connectivity index (χ4n) is 1.96. The van der Waals surface area contributed by atoms with Crippen molar-refractivity contribution in [1.29, 1.82) is 0 Å². The van der Waals surface area contributed by atoms with Gasteiger partial charge >= 0.3 is 12.1 Å². The SMILES string of the molecule is COC(=O)C1=Cc2ccc(C(F)(F)F)cc2CC1. The number of esters is 1. The monoisotopic (exact) mass is 256 g/mol. The van der Waals surface area contributed by atoms with Crippen molar-refractivity contribution >= 4 is 12.0 Å². The molecular formula is C13H11F3O2. The molecule has 96 valence electrons. The Kier molecular flexibility index (Phi) is 3.15. The summed E-state index contributed by atoms with van der Waals surface area (Å²) in [4.78, 5) is 11.3. The lowest BCUT2D eigenvalue weighted by atomic mass is 9.91. The highest BCUT2D eigenvalue weighted by molar-refractivity contribution is 5.94. The van der Waals surface area contributed by atoms with Crippen LogP contribution in [0, 0.1) is 0 Å². The van der Waals surface area contributed by atoms with Crippen LogP contribution in [0.3, 0.4) is 0 Å². The van der Waals surface area contributed by atoms with Crippen molar-refractivity contribution in [1.82, 2.24) is 0 Å². The minimum atomic E-state index is -4.33. The van der Waals surface area contributed by atoms with Crippen LogP contribution in [0.5, 0.6) is 0 Å². The summed E-state index contributed by atoms with van der Waals surface area (Å²) in [7, 11) is 1.28. The van der Waals surface area contributed by atoms with Gasteiger partial charge in [0.15, 0.2) is 0 Å². The number of fused-ring (bicyclic) bond motifs is 1. The first-order chi connectivity index (χ1) is 8.41. The molecule has 0 aliphatic heterocycles. The van der Waals surface area contributed by atoms with Crippen molar-refractivity contribution in [3.05, 3.63) is 40.5 Å². The Morgan fingerprint density at radius 2 is 2.00 bits per heavy atom. The second-order valence-electron chi connectivity index (χ2n) is 4.07. The lowest BCUT2D eigenvalue weighted by molar-refractivity contribution is -0.138. The number of ether oxygens (including phenoxy) is 1. The summed E-state index contributed by atoms with van der Waals surface area (Å²) < 4.78 is 42.2. The van der Waals surface area contributed by atoms with E-state index in [0.29, 0.717) is 29.5 Å². The molecule has 1 aromatic rings. The van der Waals surface area contributed by atoms with Crippen LogP contribution in [0.25, 0.3) is 6.08 Å². The Balaban J connectivity index is 2.37. The van der Waals surface area contributed by atoms with Crippen LogP contribution < -0.4 is 0 Å². The molecule has 0 saturated carbocycles. The Hall–Kier alpha value is -1.78. The van der Waals surface area contributed by atoms with Crippen molar-refractivity contribution in [2.75, 3.05) is 7.11 Å². The van der Waals surface area contributed by atoms with E-state index in [1.54, 1.807) is 6.08 Å². The van der Waals surface area contributed by atoms with Crippen LogP contribution in [0.2, 0.25) is 0 Å². The zero-order valence-corrected chi connectivity index (χ0v) is 9.67. The number of benzene rings is 1. The number of halogens is 3. The van der Waals surface area contributed by atoms with Crippen LogP contribution in [-0.2, 0) is 22.1 Å². The molecule has 0 unspecified atom stereocenters. The van der Waals surface area contributed by atoms with Gasteiger partial charge in [-0.1, -0.05) is 6.07 Å². The minimum Gasteiger partial charge on any atom is -0.466 e. The minimum absolute atomic E-state index is 0.404. The summed E-state index contributed by atoms with van der Waals surface area (Å²) in [5.74, 6) is -0.430. The van der Waals surface area contributed by atoms with Crippen molar-refractivity contribution in [3.63, 3.8) is 0 Å². The maximum Gasteiger partial charge on any atom is 0.416 e. The molecule has 0 fully saturated rings. The van der Waals surface area contributed by atoms with E-state index in [1.165, 1.54) is 13.2 Å². The average molecular weight is 256 g/mol. The third-order valence-corrected chi connectivity index (χ3v) is 2.91. The molecule has 0 saturated heterocycles. The summed E-state index contributed by atoms with van der Waals surface area (Å²) in [6, 6.07) is 3.55. The normalized spacial score (nSPS) is 14.8. The van der Waals surface area contributed by atoms with Gasteiger partial charge in [-0.2, -0.15) is 13.2 Å². The van der Waals surface area contributed by atoms with Gasteiger partial charge in [-0.3, -0.25) is 0 Å². The predicted octanol–water partition coefficient (Wildman–Crippen LogP) is 3.21. The van der Waals surface area contributed by atoms with Gasteiger partial charge in [0.25, 0.3) is 0 Å². The Morgan fingerprint density at radius 1 is 1.28 bits per heavy atom. The zero-order chi connectivity index (χ0) is 13.3. The average Bonchev–Trinajstić information content (AvgIpc) is 2.35. The van der Waals surface area contributed by atoms with Crippen LogP contribution in [0.1, 0.15) is 23.1 Å². The molecule has 0 radical (unpaired) electrons. The number of methoxy groups -OCH3 is 1. The van der Waals surface area contributed by atoms with Crippen LogP contribution in [-0.4, -0.2) is 13.1 Å². The van der Waals surface area contributed by atoms with Gasteiger partial charge in [-0.15, -0.1) is 0 Å². The number of carbonyl (C=O) groups is 1. The van der Waals surface area contributed by atoms with E-state index >= 15 is 0 Å². The fraction of sp³-hybridized carbons (Fsp3) is 0.308. The van der Waals surface area contributed by atoms with E-state index in [2.05, 4.69) is 4.74 Å². The van der Waals surface area contributed by atoms with E-state index in [1.807, 2.05) is 0 Å². The molecule has 0 amide bonds. The van der Waals surface area contributed by atoms with Crippen molar-refractivity contribution < 1.29 is 22.7 Å². The molecule has 2 nitrogen and oxygen atoms in total. The molecule has 0 heterocycles. The van der Waals surface area contributed by atoms with Gasteiger partial charge in [-0.25, -0.2) is 4.79 Å². The molecule has 1 aliphatic rings. The van der Waals surface area contributed by atoms with Gasteiger partial charge in [0.1, 0.15) is 0 Å². The van der Waals surface area contributed by atoms with E-state index in [4.69, 9.17) is 0 Å². The molecule has 2 rings (SSSR count). The molecule has 0 aromatic heterocycles. The molecule has 0 spiro atoms. The lowest BCUT2D eigenvalue weighted by Gasteiger charge is -2.17. The lowest BCUT2D eigenvalue weighted by Crippen LogP contribution is -2.11. The highest BCUT2D eigenvalue weighted by atomic mass is 19.4. The third-order valence-electron chi connectivity index (χ3n) is 2.91. The molecule has 1 aliphatic carbocycles. The van der Waals surface area contributed by atoms with Gasteiger partial charge < -0.3 is 4.74 Å². The van der Waals surface area contributed by atoms with Gasteiger partial charge in [0, 0.05) is 5.57 Å². The number of hydrogen-bond acceptors (Lipinski definition) is 2. The van der Waals surface area contributed by atoms with Crippen LogP contribution >= 0.6 is 0 Å². The third kappa shape index (κ3) is 2.39. The number of alkyl halides is 3. The maximum atomic E-state index is 12.5. The quantitative estimate of drug-likeness (QED) is 0.721. The summed E-state index contributed by atoms with van der Waals surface area (Å²) in [6.07, 6.45) is -1.92. The van der Waals surface area contributed by atoms with Crippen molar-refractivity contribution in [2.45, 2.75) is 19.0 Å². The smallest absolute Gasteiger partial charge is 0.416 e. The Bertz CT molecular complexity index is 515. The predicted molar refractivity (Wildman–Crippen MR) is 59.8 cm³/mol. The number of hydrogen-bond donors (Lipinski definition) is 0. The largest absolute Gasteiger partial charge is 0.466 e. The number of rotatable bonds is 1. The Morgan fingerprint density at radius 3 is 2.61 bits per heavy atom. The first-order valence-corrected chi connectivity index (χ1v) is 5.41. The standard InChI is InChI=1S/C13H11F3O2/c1-18-12(17)10-3-2-9-7-11(13(14,15)16)5-4-8(9)6-10/h4-7H,2-3H2,1H3. The van der Waals surface area contributed by atoms with Crippen molar-refractivity contribution in [2.24, 2.45) is 0 Å². The van der Waals surface area contributed by atoms with E-state index < -0.39 is 17.7 Å². The molecule has 0 atom stereocenters. The molecule has 5 heteroatoms. The molecular weight excluding hydrogens is 245 g/mol. The zero-order valence-electron chi connectivity index (χ0n) is 9.67. The van der Waals surface area contributed by atoms with Gasteiger partial charge in [0.05, 0.1) is 12.7 Å². The summed E-state index contributed by atoms with van der Waals surface area (Å²) in [5, 5.41) is 0. The second kappa shape index (κ2) is 4.48. The first kappa shape index (κ1) is 12.7. The number of carbonyl (C=O) groups excluding carboxylic acids is 1. The maximum absolute atomic E-state index is 12.5. The van der Waals surface area contributed by atoms with Crippen molar-refractivity contribution in [3.8, 4) is 0 Å². The van der Waals surface area contributed by atoms with Gasteiger partial charge in [-0.05, 0) is 42.2 Å². The molecule has 1 aromatic carbocycles. The topological polar surface area (TPSA) is 26.3 Å². The highest BCUT2D eigenvalue weighted by Crippen LogP contribution is 2.33. The second-order valence-corrected chi connectivity index (χ2v) is 4.07. The molecule has 0 bridgehead atoms.